The summed E-state index contributed by atoms with van der Waals surface area (Å²) in [4.78, 5) is 11.5. The predicted molar refractivity (Wildman–Crippen MR) is 64.8 cm³/mol. The second-order valence-corrected chi connectivity index (χ2v) is 4.85. The van der Waals surface area contributed by atoms with Crippen LogP contribution >= 0.6 is 0 Å². The lowest BCUT2D eigenvalue weighted by atomic mass is 9.97. The fourth-order valence-corrected chi connectivity index (χ4v) is 2.32. The van der Waals surface area contributed by atoms with Gasteiger partial charge in [0.05, 0.1) is 0 Å². The molecule has 86 valence electrons. The molecule has 1 nitrogen and oxygen atoms in total. The molecule has 0 saturated heterocycles. The van der Waals surface area contributed by atoms with E-state index in [9.17, 15) is 4.79 Å². The van der Waals surface area contributed by atoms with E-state index in [2.05, 4.69) is 19.9 Å². The van der Waals surface area contributed by atoms with E-state index in [4.69, 9.17) is 0 Å². The second-order valence-electron chi connectivity index (χ2n) is 4.85. The molecule has 1 saturated carbocycles. The van der Waals surface area contributed by atoms with Gasteiger partial charge in [0.2, 0.25) is 0 Å². The van der Waals surface area contributed by atoms with Gasteiger partial charge < -0.3 is 0 Å². The van der Waals surface area contributed by atoms with Crippen molar-refractivity contribution in [3.8, 4) is 0 Å². The van der Waals surface area contributed by atoms with Gasteiger partial charge in [0.25, 0.3) is 0 Å². The molecule has 1 heteroatoms. The number of carbonyl (C=O) groups excluding carboxylic acids is 1. The standard InChI is InChI=1S/C14H24O/c1-3-4-5-9-14(15)11-10-13-8-6-7-12(13)2/h10-13H,3-9H2,1-2H3/b11-10+/t12?,13-/m1/s1. The second kappa shape index (κ2) is 6.81. The average Bonchev–Trinajstić information content (AvgIpc) is 2.61. The summed E-state index contributed by atoms with van der Waals surface area (Å²) in [6.07, 6.45) is 12.1. The summed E-state index contributed by atoms with van der Waals surface area (Å²) in [6, 6.07) is 0. The molecule has 0 heterocycles. The summed E-state index contributed by atoms with van der Waals surface area (Å²) in [5, 5.41) is 0. The summed E-state index contributed by atoms with van der Waals surface area (Å²) in [5.74, 6) is 1.77. The SMILES string of the molecule is CCCCCC(=O)/C=C/[C@H]1CCCC1C. The van der Waals surface area contributed by atoms with Crippen LogP contribution in [0.1, 0.15) is 58.8 Å². The third-order valence-electron chi connectivity index (χ3n) is 3.48. The third kappa shape index (κ3) is 4.63. The summed E-state index contributed by atoms with van der Waals surface area (Å²) < 4.78 is 0. The number of hydrogen-bond acceptors (Lipinski definition) is 1. The van der Waals surface area contributed by atoms with Crippen LogP contribution in [0, 0.1) is 11.8 Å². The molecule has 0 N–H and O–H groups in total. The molecule has 0 aromatic carbocycles. The van der Waals surface area contributed by atoms with Gasteiger partial charge in [0.15, 0.2) is 5.78 Å². The van der Waals surface area contributed by atoms with Crippen molar-refractivity contribution >= 4 is 5.78 Å². The topological polar surface area (TPSA) is 17.1 Å². The van der Waals surface area contributed by atoms with Crippen LogP contribution in [0.3, 0.4) is 0 Å². The van der Waals surface area contributed by atoms with Gasteiger partial charge in [-0.2, -0.15) is 0 Å². The van der Waals surface area contributed by atoms with E-state index in [0.717, 1.165) is 18.8 Å². The lowest BCUT2D eigenvalue weighted by molar-refractivity contribution is -0.114. The van der Waals surface area contributed by atoms with Crippen molar-refractivity contribution in [3.63, 3.8) is 0 Å². The zero-order valence-corrected chi connectivity index (χ0v) is 10.2. The van der Waals surface area contributed by atoms with E-state index in [-0.39, 0.29) is 0 Å². The molecule has 0 aliphatic heterocycles. The Labute approximate surface area is 93.9 Å². The van der Waals surface area contributed by atoms with E-state index >= 15 is 0 Å². The van der Waals surface area contributed by atoms with Gasteiger partial charge in [-0.15, -0.1) is 0 Å². The minimum atomic E-state index is 0.322. The Morgan fingerprint density at radius 1 is 1.33 bits per heavy atom. The van der Waals surface area contributed by atoms with Gasteiger partial charge in [0.1, 0.15) is 0 Å². The summed E-state index contributed by atoms with van der Waals surface area (Å²) >= 11 is 0. The Kier molecular flexibility index (Phi) is 5.67. The van der Waals surface area contributed by atoms with Crippen LogP contribution in [0.5, 0.6) is 0 Å². The van der Waals surface area contributed by atoms with Crippen LogP contribution < -0.4 is 0 Å². The quantitative estimate of drug-likeness (QED) is 0.474. The Morgan fingerprint density at radius 2 is 2.13 bits per heavy atom. The number of ketones is 1. The number of rotatable bonds is 6. The first-order chi connectivity index (χ1) is 7.24. The molecule has 2 atom stereocenters. The van der Waals surface area contributed by atoms with Crippen molar-refractivity contribution < 1.29 is 4.79 Å². The number of unbranched alkanes of at least 4 members (excludes halogenated alkanes) is 2. The highest BCUT2D eigenvalue weighted by Crippen LogP contribution is 2.31. The lowest BCUT2D eigenvalue weighted by Crippen LogP contribution is -2.01. The monoisotopic (exact) mass is 208 g/mol. The van der Waals surface area contributed by atoms with Crippen LogP contribution in [-0.4, -0.2) is 5.78 Å². The minimum Gasteiger partial charge on any atom is -0.295 e. The first-order valence-corrected chi connectivity index (χ1v) is 6.45. The minimum absolute atomic E-state index is 0.322. The molecule has 1 rings (SSSR count). The van der Waals surface area contributed by atoms with Crippen molar-refractivity contribution in [2.24, 2.45) is 11.8 Å². The zero-order chi connectivity index (χ0) is 11.1. The molecule has 1 aliphatic carbocycles. The highest BCUT2D eigenvalue weighted by Gasteiger charge is 2.20. The maximum atomic E-state index is 11.5. The molecule has 15 heavy (non-hydrogen) atoms. The Balaban J connectivity index is 2.21. The van der Waals surface area contributed by atoms with Crippen LogP contribution in [0.4, 0.5) is 0 Å². The molecule has 0 aromatic heterocycles. The van der Waals surface area contributed by atoms with Crippen molar-refractivity contribution in [2.75, 3.05) is 0 Å². The van der Waals surface area contributed by atoms with Crippen LogP contribution in [0.15, 0.2) is 12.2 Å². The molecule has 0 radical (unpaired) electrons. The highest BCUT2D eigenvalue weighted by atomic mass is 16.1. The van der Waals surface area contributed by atoms with Crippen molar-refractivity contribution in [2.45, 2.75) is 58.8 Å². The van der Waals surface area contributed by atoms with Gasteiger partial charge in [0, 0.05) is 6.42 Å². The number of hydrogen-bond donors (Lipinski definition) is 0. The van der Waals surface area contributed by atoms with Crippen molar-refractivity contribution in [1.82, 2.24) is 0 Å². The normalized spacial score (nSPS) is 26.3. The van der Waals surface area contributed by atoms with E-state index in [1.165, 1.54) is 32.1 Å². The van der Waals surface area contributed by atoms with Gasteiger partial charge >= 0.3 is 0 Å². The van der Waals surface area contributed by atoms with Crippen LogP contribution in [0.2, 0.25) is 0 Å². The molecule has 0 aromatic rings. The zero-order valence-electron chi connectivity index (χ0n) is 10.2. The fourth-order valence-electron chi connectivity index (χ4n) is 2.32. The highest BCUT2D eigenvalue weighted by molar-refractivity contribution is 5.89. The molecule has 0 amide bonds. The first kappa shape index (κ1) is 12.5. The predicted octanol–water partition coefficient (Wildman–Crippen LogP) is 4.13. The van der Waals surface area contributed by atoms with E-state index in [1.807, 2.05) is 6.08 Å². The van der Waals surface area contributed by atoms with Crippen molar-refractivity contribution in [1.29, 1.82) is 0 Å². The largest absolute Gasteiger partial charge is 0.295 e. The van der Waals surface area contributed by atoms with E-state index in [1.54, 1.807) is 0 Å². The van der Waals surface area contributed by atoms with Gasteiger partial charge in [-0.1, -0.05) is 45.6 Å². The van der Waals surface area contributed by atoms with Gasteiger partial charge in [-0.05, 0) is 30.8 Å². The van der Waals surface area contributed by atoms with E-state index < -0.39 is 0 Å². The van der Waals surface area contributed by atoms with Gasteiger partial charge in [-0.25, -0.2) is 0 Å². The number of carbonyl (C=O) groups is 1. The van der Waals surface area contributed by atoms with E-state index in [0.29, 0.717) is 11.7 Å². The molecule has 1 aliphatic rings. The Hall–Kier alpha value is -0.590. The molecular weight excluding hydrogens is 184 g/mol. The molecule has 1 fully saturated rings. The lowest BCUT2D eigenvalue weighted by Gasteiger charge is -2.08. The Morgan fingerprint density at radius 3 is 2.73 bits per heavy atom. The molecule has 1 unspecified atom stereocenters. The molecule has 0 spiro atoms. The summed E-state index contributed by atoms with van der Waals surface area (Å²) in [7, 11) is 0. The van der Waals surface area contributed by atoms with Crippen LogP contribution in [-0.2, 0) is 4.79 Å². The summed E-state index contributed by atoms with van der Waals surface area (Å²) in [5.41, 5.74) is 0. The maximum Gasteiger partial charge on any atom is 0.155 e. The smallest absolute Gasteiger partial charge is 0.155 e. The summed E-state index contributed by atoms with van der Waals surface area (Å²) in [6.45, 7) is 4.46. The van der Waals surface area contributed by atoms with Crippen molar-refractivity contribution in [3.05, 3.63) is 12.2 Å². The average molecular weight is 208 g/mol. The van der Waals surface area contributed by atoms with Gasteiger partial charge in [-0.3, -0.25) is 4.79 Å². The van der Waals surface area contributed by atoms with Crippen LogP contribution in [0.25, 0.3) is 0 Å². The number of allylic oxidation sites excluding steroid dienone is 2. The third-order valence-corrected chi connectivity index (χ3v) is 3.48. The fraction of sp³-hybridized carbons (Fsp3) is 0.786. The molecular formula is C14H24O. The first-order valence-electron chi connectivity index (χ1n) is 6.45. The Bertz CT molecular complexity index is 217. The maximum absolute atomic E-state index is 11.5. The molecule has 0 bridgehead atoms.